The first kappa shape index (κ1) is 15.4. The lowest BCUT2D eigenvalue weighted by molar-refractivity contribution is 0.0994. The van der Waals surface area contributed by atoms with Crippen molar-refractivity contribution < 1.29 is 9.18 Å². The van der Waals surface area contributed by atoms with Gasteiger partial charge in [-0.3, -0.25) is 4.79 Å². The first-order chi connectivity index (χ1) is 9.47. The van der Waals surface area contributed by atoms with Gasteiger partial charge in [0.05, 0.1) is 10.3 Å². The van der Waals surface area contributed by atoms with E-state index in [2.05, 4.69) is 0 Å². The summed E-state index contributed by atoms with van der Waals surface area (Å²) in [7, 11) is 0. The quantitative estimate of drug-likeness (QED) is 0.544. The molecular formula is C15H11Cl2FOS. The normalized spacial score (nSPS) is 12.2. The zero-order chi connectivity index (χ0) is 14.7. The molecular weight excluding hydrogens is 318 g/mol. The smallest absolute Gasteiger partial charge is 0.175 e. The molecule has 0 fully saturated rings. The predicted octanol–water partition coefficient (Wildman–Crippen LogP) is 5.50. The molecule has 0 heterocycles. The van der Waals surface area contributed by atoms with E-state index in [1.165, 1.54) is 36.0 Å². The van der Waals surface area contributed by atoms with E-state index in [1.807, 2.05) is 0 Å². The van der Waals surface area contributed by atoms with Crippen LogP contribution in [0.2, 0.25) is 10.0 Å². The van der Waals surface area contributed by atoms with Crippen LogP contribution in [0.4, 0.5) is 4.39 Å². The zero-order valence-electron chi connectivity index (χ0n) is 10.6. The third-order valence-electron chi connectivity index (χ3n) is 2.69. The third-order valence-corrected chi connectivity index (χ3v) is 4.53. The number of Topliss-reactive ketones (excluding diaryl/α,β-unsaturated/α-hetero) is 1. The molecule has 1 unspecified atom stereocenters. The van der Waals surface area contributed by atoms with Crippen molar-refractivity contribution in [3.05, 3.63) is 63.9 Å². The van der Waals surface area contributed by atoms with Crippen molar-refractivity contribution in [3.63, 3.8) is 0 Å². The second kappa shape index (κ2) is 6.61. The maximum Gasteiger partial charge on any atom is 0.175 e. The van der Waals surface area contributed by atoms with Crippen molar-refractivity contribution in [2.75, 3.05) is 0 Å². The van der Waals surface area contributed by atoms with Crippen molar-refractivity contribution >= 4 is 40.7 Å². The lowest BCUT2D eigenvalue weighted by Crippen LogP contribution is -2.13. The van der Waals surface area contributed by atoms with Gasteiger partial charge < -0.3 is 0 Å². The standard InChI is InChI=1S/C15H11Cl2FOS/c1-9(15(19)10-2-5-12(18)6-3-10)20-14-8-11(16)4-7-13(14)17/h2-9H,1H3. The average molecular weight is 329 g/mol. The second-order valence-corrected chi connectivity index (χ2v) is 6.43. The lowest BCUT2D eigenvalue weighted by Gasteiger charge is -2.11. The van der Waals surface area contributed by atoms with Gasteiger partial charge in [0, 0.05) is 15.5 Å². The minimum Gasteiger partial charge on any atom is -0.293 e. The Balaban J connectivity index is 2.15. The fourth-order valence-electron chi connectivity index (χ4n) is 1.66. The lowest BCUT2D eigenvalue weighted by atomic mass is 10.1. The van der Waals surface area contributed by atoms with Gasteiger partial charge in [-0.2, -0.15) is 0 Å². The molecule has 1 atom stereocenters. The summed E-state index contributed by atoms with van der Waals surface area (Å²) in [6.07, 6.45) is 0. The highest BCUT2D eigenvalue weighted by Gasteiger charge is 2.18. The Morgan fingerprint density at radius 1 is 1.15 bits per heavy atom. The summed E-state index contributed by atoms with van der Waals surface area (Å²) < 4.78 is 12.8. The molecule has 104 valence electrons. The first-order valence-electron chi connectivity index (χ1n) is 5.89. The van der Waals surface area contributed by atoms with Gasteiger partial charge in [-0.25, -0.2) is 4.39 Å². The maximum atomic E-state index is 12.8. The molecule has 2 rings (SSSR count). The van der Waals surface area contributed by atoms with Crippen LogP contribution in [-0.2, 0) is 0 Å². The van der Waals surface area contributed by atoms with E-state index in [9.17, 15) is 9.18 Å². The number of carbonyl (C=O) groups excluding carboxylic acids is 1. The van der Waals surface area contributed by atoms with Crippen LogP contribution in [0, 0.1) is 5.82 Å². The molecule has 0 saturated heterocycles. The van der Waals surface area contributed by atoms with E-state index >= 15 is 0 Å². The fourth-order valence-corrected chi connectivity index (χ4v) is 3.15. The highest BCUT2D eigenvalue weighted by molar-refractivity contribution is 8.00. The second-order valence-electron chi connectivity index (χ2n) is 4.21. The van der Waals surface area contributed by atoms with E-state index in [4.69, 9.17) is 23.2 Å². The Morgan fingerprint density at radius 2 is 1.80 bits per heavy atom. The summed E-state index contributed by atoms with van der Waals surface area (Å²) >= 11 is 13.3. The van der Waals surface area contributed by atoms with Crippen LogP contribution >= 0.6 is 35.0 Å². The molecule has 20 heavy (non-hydrogen) atoms. The topological polar surface area (TPSA) is 17.1 Å². The molecule has 0 radical (unpaired) electrons. The summed E-state index contributed by atoms with van der Waals surface area (Å²) in [6, 6.07) is 10.6. The fraction of sp³-hybridized carbons (Fsp3) is 0.133. The van der Waals surface area contributed by atoms with Gasteiger partial charge >= 0.3 is 0 Å². The van der Waals surface area contributed by atoms with Gasteiger partial charge in [-0.15, -0.1) is 11.8 Å². The molecule has 0 spiro atoms. The molecule has 0 bridgehead atoms. The van der Waals surface area contributed by atoms with Crippen LogP contribution in [0.25, 0.3) is 0 Å². The summed E-state index contributed by atoms with van der Waals surface area (Å²) in [5, 5.41) is 0.785. The van der Waals surface area contributed by atoms with Crippen molar-refractivity contribution in [2.24, 2.45) is 0 Å². The number of rotatable bonds is 4. The number of hydrogen-bond donors (Lipinski definition) is 0. The Kier molecular flexibility index (Phi) is 5.08. The van der Waals surface area contributed by atoms with Crippen LogP contribution in [0.15, 0.2) is 47.4 Å². The van der Waals surface area contributed by atoms with Crippen molar-refractivity contribution in [1.82, 2.24) is 0 Å². The maximum absolute atomic E-state index is 12.8. The molecule has 0 aliphatic carbocycles. The van der Waals surface area contributed by atoms with Gasteiger partial charge in [0.2, 0.25) is 0 Å². The van der Waals surface area contributed by atoms with Crippen LogP contribution in [-0.4, -0.2) is 11.0 Å². The minimum absolute atomic E-state index is 0.0777. The number of carbonyl (C=O) groups is 1. The van der Waals surface area contributed by atoms with Crippen LogP contribution in [0.1, 0.15) is 17.3 Å². The molecule has 0 aliphatic rings. The molecule has 2 aromatic rings. The molecule has 0 N–H and O–H groups in total. The van der Waals surface area contributed by atoms with Crippen LogP contribution in [0.5, 0.6) is 0 Å². The van der Waals surface area contributed by atoms with Gasteiger partial charge in [-0.1, -0.05) is 23.2 Å². The third kappa shape index (κ3) is 3.75. The summed E-state index contributed by atoms with van der Waals surface area (Å²) in [5.41, 5.74) is 0.476. The van der Waals surface area contributed by atoms with E-state index in [-0.39, 0.29) is 16.9 Å². The van der Waals surface area contributed by atoms with Crippen LogP contribution in [0.3, 0.4) is 0 Å². The Hall–Kier alpha value is -1.03. The largest absolute Gasteiger partial charge is 0.293 e. The van der Waals surface area contributed by atoms with Gasteiger partial charge in [0.1, 0.15) is 5.82 Å². The predicted molar refractivity (Wildman–Crippen MR) is 82.5 cm³/mol. The van der Waals surface area contributed by atoms with Gasteiger partial charge in [-0.05, 0) is 49.4 Å². The highest BCUT2D eigenvalue weighted by Crippen LogP contribution is 2.33. The minimum atomic E-state index is -0.361. The van der Waals surface area contributed by atoms with Crippen molar-refractivity contribution in [3.8, 4) is 0 Å². The molecule has 0 saturated carbocycles. The SMILES string of the molecule is CC(Sc1cc(Cl)ccc1Cl)C(=O)c1ccc(F)cc1. The van der Waals surface area contributed by atoms with Gasteiger partial charge in [0.15, 0.2) is 5.78 Å². The van der Waals surface area contributed by atoms with E-state index in [1.54, 1.807) is 25.1 Å². The molecule has 1 nitrogen and oxygen atoms in total. The molecule has 0 aliphatic heterocycles. The van der Waals surface area contributed by atoms with Crippen molar-refractivity contribution in [2.45, 2.75) is 17.1 Å². The Bertz CT molecular complexity index is 628. The molecule has 5 heteroatoms. The monoisotopic (exact) mass is 328 g/mol. The molecule has 2 aromatic carbocycles. The van der Waals surface area contributed by atoms with E-state index < -0.39 is 0 Å². The number of hydrogen-bond acceptors (Lipinski definition) is 2. The number of ketones is 1. The zero-order valence-corrected chi connectivity index (χ0v) is 12.9. The average Bonchev–Trinajstić information content (AvgIpc) is 2.43. The highest BCUT2D eigenvalue weighted by atomic mass is 35.5. The number of benzene rings is 2. The van der Waals surface area contributed by atoms with E-state index in [0.717, 1.165) is 4.90 Å². The van der Waals surface area contributed by atoms with Gasteiger partial charge in [0.25, 0.3) is 0 Å². The van der Waals surface area contributed by atoms with Crippen LogP contribution < -0.4 is 0 Å². The molecule has 0 aromatic heterocycles. The Morgan fingerprint density at radius 3 is 2.45 bits per heavy atom. The van der Waals surface area contributed by atoms with Crippen molar-refractivity contribution in [1.29, 1.82) is 0 Å². The number of thioether (sulfide) groups is 1. The number of halogens is 3. The Labute approximate surface area is 131 Å². The molecule has 0 amide bonds. The van der Waals surface area contributed by atoms with E-state index in [0.29, 0.717) is 15.6 Å². The summed E-state index contributed by atoms with van der Waals surface area (Å²) in [6.45, 7) is 1.79. The summed E-state index contributed by atoms with van der Waals surface area (Å²) in [4.78, 5) is 13.0. The first-order valence-corrected chi connectivity index (χ1v) is 7.52. The summed E-state index contributed by atoms with van der Waals surface area (Å²) in [5.74, 6) is -0.439.